The second-order valence-corrected chi connectivity index (χ2v) is 10.6. The molecular weight excluding hydrogens is 434 g/mol. The molecule has 3 unspecified atom stereocenters. The zero-order valence-corrected chi connectivity index (χ0v) is 19.4. The Hall–Kier alpha value is -3.09. The van der Waals surface area contributed by atoms with Crippen molar-refractivity contribution in [3.05, 3.63) is 75.8 Å². The Morgan fingerprint density at radius 3 is 2.65 bits per heavy atom. The topological polar surface area (TPSA) is 61.9 Å². The van der Waals surface area contributed by atoms with Gasteiger partial charge in [-0.3, -0.25) is 4.79 Å². The van der Waals surface area contributed by atoms with Crippen molar-refractivity contribution in [1.29, 1.82) is 0 Å². The number of hydrogen-bond donors (Lipinski definition) is 1. The molecule has 1 saturated heterocycles. The summed E-state index contributed by atoms with van der Waals surface area (Å²) in [6.45, 7) is 6.41. The van der Waals surface area contributed by atoms with Crippen molar-refractivity contribution in [1.82, 2.24) is 15.2 Å². The van der Waals surface area contributed by atoms with Crippen LogP contribution >= 0.6 is 0 Å². The monoisotopic (exact) mass is 462 g/mol. The molecule has 5 nitrogen and oxygen atoms in total. The summed E-state index contributed by atoms with van der Waals surface area (Å²) in [6.07, 6.45) is 5.90. The van der Waals surface area contributed by atoms with Gasteiger partial charge in [0.2, 0.25) is 5.56 Å². The molecular formula is C27H28F2N4O. The van der Waals surface area contributed by atoms with Crippen molar-refractivity contribution >= 4 is 5.69 Å². The zero-order chi connectivity index (χ0) is 23.7. The fourth-order valence-electron chi connectivity index (χ4n) is 7.38. The predicted octanol–water partition coefficient (Wildman–Crippen LogP) is 5.18. The third kappa shape index (κ3) is 2.85. The predicted molar refractivity (Wildman–Crippen MR) is 127 cm³/mol. The maximum absolute atomic E-state index is 14.5. The molecule has 0 spiro atoms. The number of rotatable bonds is 3. The maximum Gasteiger partial charge on any atom is 0.249 e. The number of nitrogens with one attached hydrogen (secondary N) is 1. The number of halogens is 2. The van der Waals surface area contributed by atoms with E-state index in [2.05, 4.69) is 28.8 Å². The summed E-state index contributed by atoms with van der Waals surface area (Å²) >= 11 is 0. The van der Waals surface area contributed by atoms with Gasteiger partial charge in [0.15, 0.2) is 0 Å². The molecule has 6 rings (SSSR count). The summed E-state index contributed by atoms with van der Waals surface area (Å²) < 4.78 is 29.0. The molecule has 176 valence electrons. The summed E-state index contributed by atoms with van der Waals surface area (Å²) in [4.78, 5) is 16.9. The van der Waals surface area contributed by atoms with Crippen LogP contribution < -0.4 is 10.5 Å². The van der Waals surface area contributed by atoms with E-state index in [9.17, 15) is 13.6 Å². The second-order valence-electron chi connectivity index (χ2n) is 10.6. The SMILES string of the molecule is CC1(C)C2CCC1(C1CCCN(c3cc[nH]c(=O)c3)C1)c1nnc(-c3c(F)cccc3F)cc12. The molecule has 3 heterocycles. The smallest absolute Gasteiger partial charge is 0.249 e. The number of anilines is 1. The first-order chi connectivity index (χ1) is 16.3. The van der Waals surface area contributed by atoms with Crippen molar-refractivity contribution in [3.63, 3.8) is 0 Å². The largest absolute Gasteiger partial charge is 0.371 e. The number of piperidine rings is 1. The number of fused-ring (bicyclic) bond motifs is 5. The normalized spacial score (nSPS) is 27.1. The lowest BCUT2D eigenvalue weighted by atomic mass is 9.59. The summed E-state index contributed by atoms with van der Waals surface area (Å²) in [6, 6.07) is 9.40. The van der Waals surface area contributed by atoms with E-state index in [-0.39, 0.29) is 33.6 Å². The first kappa shape index (κ1) is 21.4. The molecule has 1 aromatic carbocycles. The Morgan fingerprint density at radius 2 is 1.88 bits per heavy atom. The Balaban J connectivity index is 1.42. The van der Waals surface area contributed by atoms with Crippen LogP contribution in [0.25, 0.3) is 11.3 Å². The van der Waals surface area contributed by atoms with E-state index >= 15 is 0 Å². The van der Waals surface area contributed by atoms with Gasteiger partial charge in [0.25, 0.3) is 0 Å². The van der Waals surface area contributed by atoms with Crippen LogP contribution in [0, 0.1) is 23.0 Å². The number of benzene rings is 1. The number of aromatic amines is 1. The summed E-state index contributed by atoms with van der Waals surface area (Å²) in [5.74, 6) is -0.604. The van der Waals surface area contributed by atoms with Gasteiger partial charge < -0.3 is 9.88 Å². The third-order valence-electron chi connectivity index (χ3n) is 8.93. The minimum Gasteiger partial charge on any atom is -0.371 e. The molecule has 2 bridgehead atoms. The Morgan fingerprint density at radius 1 is 1.09 bits per heavy atom. The molecule has 34 heavy (non-hydrogen) atoms. The highest BCUT2D eigenvalue weighted by Gasteiger charge is 2.66. The molecule has 3 aliphatic rings. The molecule has 0 amide bonds. The lowest BCUT2D eigenvalue weighted by Crippen LogP contribution is -2.50. The van der Waals surface area contributed by atoms with Crippen molar-refractivity contribution in [2.45, 2.75) is 50.9 Å². The fourth-order valence-corrected chi connectivity index (χ4v) is 7.38. The van der Waals surface area contributed by atoms with Crippen LogP contribution in [-0.2, 0) is 5.41 Å². The summed E-state index contributed by atoms with van der Waals surface area (Å²) in [5, 5.41) is 9.06. The van der Waals surface area contributed by atoms with Crippen LogP contribution in [0.2, 0.25) is 0 Å². The van der Waals surface area contributed by atoms with Crippen molar-refractivity contribution in [2.75, 3.05) is 18.0 Å². The molecule has 3 atom stereocenters. The van der Waals surface area contributed by atoms with Crippen LogP contribution in [0.15, 0.2) is 47.4 Å². The van der Waals surface area contributed by atoms with Gasteiger partial charge in [-0.25, -0.2) is 8.78 Å². The summed E-state index contributed by atoms with van der Waals surface area (Å²) in [7, 11) is 0. The average Bonchev–Trinajstić information content (AvgIpc) is 3.20. The third-order valence-corrected chi connectivity index (χ3v) is 8.93. The maximum atomic E-state index is 14.5. The zero-order valence-electron chi connectivity index (χ0n) is 19.4. The first-order valence-electron chi connectivity index (χ1n) is 12.1. The van der Waals surface area contributed by atoms with Crippen LogP contribution in [0.4, 0.5) is 14.5 Å². The van der Waals surface area contributed by atoms with Gasteiger partial charge in [0, 0.05) is 36.5 Å². The standard InChI is InChI=1S/C27H28F2N4O/c1-26(2)19-8-10-27(26,16-5-4-12-33(15-16)17-9-11-30-23(34)13-17)25-18(19)14-22(31-32-25)24-20(28)6-3-7-21(24)29/h3,6-7,9,11,13-14,16,19H,4-5,8,10,12,15H2,1-2H3,(H,30,34). The van der Waals surface area contributed by atoms with Gasteiger partial charge in [0.1, 0.15) is 11.6 Å². The van der Waals surface area contributed by atoms with Gasteiger partial charge in [0.05, 0.1) is 17.0 Å². The molecule has 1 aliphatic heterocycles. The molecule has 1 N–H and O–H groups in total. The van der Waals surface area contributed by atoms with Crippen molar-refractivity contribution in [2.24, 2.45) is 11.3 Å². The quantitative estimate of drug-likeness (QED) is 0.583. The van der Waals surface area contributed by atoms with Crippen LogP contribution in [0.1, 0.15) is 56.7 Å². The van der Waals surface area contributed by atoms with Crippen molar-refractivity contribution in [3.8, 4) is 11.3 Å². The second kappa shape index (κ2) is 7.45. The highest BCUT2D eigenvalue weighted by atomic mass is 19.1. The minimum absolute atomic E-state index is 0.0434. The lowest BCUT2D eigenvalue weighted by Gasteiger charge is -2.48. The van der Waals surface area contributed by atoms with E-state index in [4.69, 9.17) is 5.10 Å². The van der Waals surface area contributed by atoms with Gasteiger partial charge in [-0.2, -0.15) is 10.2 Å². The Kier molecular flexibility index (Phi) is 4.70. The number of nitrogens with zero attached hydrogens (tertiary/aromatic N) is 3. The molecule has 1 saturated carbocycles. The van der Waals surface area contributed by atoms with E-state index in [1.807, 2.05) is 12.1 Å². The number of H-pyrrole nitrogens is 1. The number of aromatic nitrogens is 3. The van der Waals surface area contributed by atoms with E-state index in [1.54, 1.807) is 12.3 Å². The highest BCUT2D eigenvalue weighted by Crippen LogP contribution is 2.70. The Bertz CT molecular complexity index is 1320. The molecule has 7 heteroatoms. The minimum atomic E-state index is -0.618. The van der Waals surface area contributed by atoms with Gasteiger partial charge >= 0.3 is 0 Å². The number of hydrogen-bond acceptors (Lipinski definition) is 4. The van der Waals surface area contributed by atoms with E-state index in [0.29, 0.717) is 5.92 Å². The lowest BCUT2D eigenvalue weighted by molar-refractivity contribution is 0.112. The van der Waals surface area contributed by atoms with Gasteiger partial charge in [-0.1, -0.05) is 19.9 Å². The fraction of sp³-hybridized carbons (Fsp3) is 0.444. The average molecular weight is 463 g/mol. The van der Waals surface area contributed by atoms with E-state index in [1.165, 1.54) is 18.2 Å². The van der Waals surface area contributed by atoms with E-state index < -0.39 is 11.6 Å². The molecule has 0 radical (unpaired) electrons. The highest BCUT2D eigenvalue weighted by molar-refractivity contribution is 5.63. The molecule has 2 aliphatic carbocycles. The van der Waals surface area contributed by atoms with Crippen molar-refractivity contribution < 1.29 is 8.78 Å². The molecule has 2 aromatic heterocycles. The van der Waals surface area contributed by atoms with Crippen LogP contribution in [0.3, 0.4) is 0 Å². The van der Waals surface area contributed by atoms with Crippen LogP contribution in [-0.4, -0.2) is 28.3 Å². The van der Waals surface area contributed by atoms with Crippen LogP contribution in [0.5, 0.6) is 0 Å². The van der Waals surface area contributed by atoms with Gasteiger partial charge in [-0.05, 0) is 72.8 Å². The molecule has 3 aromatic rings. The summed E-state index contributed by atoms with van der Waals surface area (Å²) in [5.41, 5.74) is 2.93. The molecule has 2 fully saturated rings. The van der Waals surface area contributed by atoms with Gasteiger partial charge in [-0.15, -0.1) is 0 Å². The van der Waals surface area contributed by atoms with E-state index in [0.717, 1.165) is 55.7 Å². The Labute approximate surface area is 197 Å². The number of pyridine rings is 1. The first-order valence-corrected chi connectivity index (χ1v) is 12.1.